The summed E-state index contributed by atoms with van der Waals surface area (Å²) in [6.45, 7) is 1.81. The average Bonchev–Trinajstić information content (AvgIpc) is 2.27. The van der Waals surface area contributed by atoms with Gasteiger partial charge in [0.25, 0.3) is 10.1 Å². The Bertz CT molecular complexity index is 512. The summed E-state index contributed by atoms with van der Waals surface area (Å²) in [5.41, 5.74) is 0. The molecule has 0 aliphatic carbocycles. The zero-order chi connectivity index (χ0) is 15.8. The van der Waals surface area contributed by atoms with E-state index in [1.165, 1.54) is 12.1 Å². The minimum atomic E-state index is -4.23. The van der Waals surface area contributed by atoms with E-state index in [-0.39, 0.29) is 46.8 Å². The molecule has 0 aliphatic heterocycles. The summed E-state index contributed by atoms with van der Waals surface area (Å²) >= 11 is 0. The third-order valence-electron chi connectivity index (χ3n) is 1.58. The van der Waals surface area contributed by atoms with Crippen molar-refractivity contribution in [3.63, 3.8) is 0 Å². The van der Waals surface area contributed by atoms with E-state index in [0.29, 0.717) is 0 Å². The molecule has 0 amide bonds. The summed E-state index contributed by atoms with van der Waals surface area (Å²) in [7, 11) is 1.77. The van der Waals surface area contributed by atoms with Gasteiger partial charge in [-0.2, -0.15) is 8.42 Å². The quantitative estimate of drug-likeness (QED) is 0.383. The molecule has 0 unspecified atom stereocenters. The molecule has 1 N–H and O–H groups in total. The predicted molar refractivity (Wildman–Crippen MR) is 80.7 cm³/mol. The third kappa shape index (κ3) is 11.7. The van der Waals surface area contributed by atoms with E-state index in [2.05, 4.69) is 9.47 Å². The van der Waals surface area contributed by atoms with Crippen LogP contribution in [0.3, 0.4) is 0 Å². The molecule has 9 heteroatoms. The molecule has 116 valence electrons. The first-order valence-electron chi connectivity index (χ1n) is 5.70. The third-order valence-corrected chi connectivity index (χ3v) is 2.45. The number of nitrogens with zero attached hydrogens (tertiary/aromatic N) is 1. The summed E-state index contributed by atoms with van der Waals surface area (Å²) in [6, 6.07) is 4.70. The number of carbonyl (C=O) groups excluding carboxylic acids is 1. The Labute approximate surface area is 147 Å². The van der Waals surface area contributed by atoms with Crippen LogP contribution >= 0.6 is 0 Å². The van der Waals surface area contributed by atoms with E-state index >= 15 is 0 Å². The number of ether oxygens (including phenoxy) is 2. The maximum absolute atomic E-state index is 10.9. The van der Waals surface area contributed by atoms with Gasteiger partial charge in [0.05, 0.1) is 11.5 Å². The van der Waals surface area contributed by atoms with Gasteiger partial charge in [-0.05, 0) is 52.3 Å². The van der Waals surface area contributed by atoms with Crippen molar-refractivity contribution in [2.24, 2.45) is 0 Å². The van der Waals surface area contributed by atoms with Crippen LogP contribution in [0.1, 0.15) is 6.92 Å². The van der Waals surface area contributed by atoms with E-state index in [1.807, 2.05) is 26.0 Å². The van der Waals surface area contributed by atoms with Gasteiger partial charge < -0.3 is 14.4 Å². The van der Waals surface area contributed by atoms with E-state index in [0.717, 1.165) is 12.1 Å². The van der Waals surface area contributed by atoms with Crippen molar-refractivity contribution < 1.29 is 27.2 Å². The number of hydrogen-bond donors (Lipinski definition) is 1. The average molecular weight is 329 g/mol. The van der Waals surface area contributed by atoms with Crippen LogP contribution in [-0.4, -0.2) is 81.3 Å². The fraction of sp³-hybridized carbons (Fsp3) is 0.417. The van der Waals surface area contributed by atoms with Crippen LogP contribution in [0.4, 0.5) is 4.79 Å². The second kappa shape index (κ2) is 11.0. The van der Waals surface area contributed by atoms with Gasteiger partial charge in [0.2, 0.25) is 0 Å². The summed E-state index contributed by atoms with van der Waals surface area (Å²) < 4.78 is 39.3. The SMILES string of the molecule is CCOC(=O)Oc1ccc(S(=O)(=O)O)cc1.CN(C)C.[NaH]. The first-order chi connectivity index (χ1) is 9.16. The fourth-order valence-corrected chi connectivity index (χ4v) is 1.40. The predicted octanol–water partition coefficient (Wildman–Crippen LogP) is 0.998. The molecule has 0 spiro atoms. The van der Waals surface area contributed by atoms with Crippen molar-refractivity contribution in [1.29, 1.82) is 0 Å². The molecule has 0 saturated carbocycles. The van der Waals surface area contributed by atoms with Gasteiger partial charge >= 0.3 is 35.7 Å². The van der Waals surface area contributed by atoms with E-state index in [9.17, 15) is 13.2 Å². The first kappa shape index (κ1) is 22.6. The number of benzene rings is 1. The number of carbonyl (C=O) groups is 1. The van der Waals surface area contributed by atoms with Crippen LogP contribution in [0.5, 0.6) is 5.75 Å². The molecule has 1 rings (SSSR count). The molecular weight excluding hydrogens is 309 g/mol. The van der Waals surface area contributed by atoms with Gasteiger partial charge in [0, 0.05) is 0 Å². The van der Waals surface area contributed by atoms with E-state index < -0.39 is 16.3 Å². The molecule has 0 aliphatic rings. The molecular formula is C12H20NNaO6S. The van der Waals surface area contributed by atoms with Crippen LogP contribution < -0.4 is 4.74 Å². The van der Waals surface area contributed by atoms with Crippen LogP contribution in [0, 0.1) is 0 Å². The standard InChI is InChI=1S/C9H10O6S.C3H9N.Na.H/c1-2-14-9(10)15-7-3-5-8(6-4-7)16(11,12)13;1-4(2)3;;/h3-6H,2H2,1H3,(H,11,12,13);1-3H3;;. The summed E-state index contributed by atoms with van der Waals surface area (Å²) in [5.74, 6) is 0.130. The van der Waals surface area contributed by atoms with Crippen LogP contribution in [0.25, 0.3) is 0 Å². The second-order valence-electron chi connectivity index (χ2n) is 4.07. The normalized spacial score (nSPS) is 10.0. The molecule has 1 aromatic rings. The van der Waals surface area contributed by atoms with Crippen LogP contribution in [-0.2, 0) is 14.9 Å². The summed E-state index contributed by atoms with van der Waals surface area (Å²) in [6.07, 6.45) is -0.873. The van der Waals surface area contributed by atoms with E-state index in [1.54, 1.807) is 6.92 Å². The molecule has 0 fully saturated rings. The van der Waals surface area contributed by atoms with Gasteiger partial charge in [-0.25, -0.2) is 4.79 Å². The zero-order valence-corrected chi connectivity index (χ0v) is 12.7. The van der Waals surface area contributed by atoms with Gasteiger partial charge in [-0.15, -0.1) is 0 Å². The Morgan fingerprint density at radius 1 is 1.19 bits per heavy atom. The summed E-state index contributed by atoms with van der Waals surface area (Å²) in [4.78, 5) is 12.6. The molecule has 0 bridgehead atoms. The Kier molecular flexibility index (Phi) is 11.9. The maximum atomic E-state index is 10.9. The number of hydrogen-bond acceptors (Lipinski definition) is 6. The first-order valence-corrected chi connectivity index (χ1v) is 7.14. The van der Waals surface area contributed by atoms with E-state index in [4.69, 9.17) is 4.55 Å². The van der Waals surface area contributed by atoms with Crippen LogP contribution in [0.15, 0.2) is 29.2 Å². The molecule has 0 atom stereocenters. The number of rotatable bonds is 3. The summed E-state index contributed by atoms with van der Waals surface area (Å²) in [5, 5.41) is 0. The molecule has 7 nitrogen and oxygen atoms in total. The van der Waals surface area contributed by atoms with Gasteiger partial charge in [0.15, 0.2) is 0 Å². The molecule has 1 aromatic carbocycles. The van der Waals surface area contributed by atoms with Crippen molar-refractivity contribution in [3.05, 3.63) is 24.3 Å². The van der Waals surface area contributed by atoms with Crippen molar-refractivity contribution in [1.82, 2.24) is 4.90 Å². The van der Waals surface area contributed by atoms with Crippen molar-refractivity contribution in [3.8, 4) is 5.75 Å². The Hall–Kier alpha value is -0.640. The Morgan fingerprint density at radius 3 is 1.95 bits per heavy atom. The topological polar surface area (TPSA) is 93.1 Å². The Morgan fingerprint density at radius 2 is 1.62 bits per heavy atom. The van der Waals surface area contributed by atoms with Crippen molar-refractivity contribution >= 4 is 45.8 Å². The molecule has 0 aromatic heterocycles. The Balaban J connectivity index is 0. The van der Waals surface area contributed by atoms with Crippen molar-refractivity contribution in [2.75, 3.05) is 27.7 Å². The van der Waals surface area contributed by atoms with Crippen LogP contribution in [0.2, 0.25) is 0 Å². The minimum absolute atomic E-state index is 0. The second-order valence-corrected chi connectivity index (χ2v) is 5.49. The molecule has 0 heterocycles. The van der Waals surface area contributed by atoms with Gasteiger partial charge in [0.1, 0.15) is 5.75 Å². The molecule has 0 saturated heterocycles. The van der Waals surface area contributed by atoms with Gasteiger partial charge in [-0.3, -0.25) is 4.55 Å². The molecule has 0 radical (unpaired) electrons. The molecule has 21 heavy (non-hydrogen) atoms. The zero-order valence-electron chi connectivity index (χ0n) is 11.9. The van der Waals surface area contributed by atoms with Gasteiger partial charge in [-0.1, -0.05) is 0 Å². The monoisotopic (exact) mass is 329 g/mol. The fourth-order valence-electron chi connectivity index (χ4n) is 0.923. The van der Waals surface area contributed by atoms with Crippen molar-refractivity contribution in [2.45, 2.75) is 11.8 Å².